The Kier molecular flexibility index (Phi) is 2.49. The summed E-state index contributed by atoms with van der Waals surface area (Å²) in [4.78, 5) is 15.7. The molecular weight excluding hydrogens is 222 g/mol. The molecule has 0 bridgehead atoms. The number of aromatic nitrogens is 1. The van der Waals surface area contributed by atoms with Gasteiger partial charge in [0, 0.05) is 22.2 Å². The third-order valence-corrected chi connectivity index (χ3v) is 3.07. The Morgan fingerprint density at radius 1 is 1.00 bits per heavy atom. The van der Waals surface area contributed by atoms with E-state index in [1.165, 1.54) is 0 Å². The van der Waals surface area contributed by atoms with Gasteiger partial charge in [0.25, 0.3) is 0 Å². The molecule has 1 heterocycles. The van der Waals surface area contributed by atoms with Gasteiger partial charge in [0.15, 0.2) is 5.78 Å². The quantitative estimate of drug-likeness (QED) is 0.675. The van der Waals surface area contributed by atoms with E-state index in [1.54, 1.807) is 0 Å². The highest BCUT2D eigenvalue weighted by Crippen LogP contribution is 2.21. The molecular formula is C16H13NO. The van der Waals surface area contributed by atoms with Crippen LogP contribution in [0.1, 0.15) is 21.6 Å². The molecule has 88 valence electrons. The van der Waals surface area contributed by atoms with Crippen LogP contribution in [0.25, 0.3) is 10.9 Å². The maximum Gasteiger partial charge on any atom is 0.195 e. The fourth-order valence-corrected chi connectivity index (χ4v) is 2.23. The minimum Gasteiger partial charge on any atom is -0.358 e. The molecule has 0 aliphatic carbocycles. The molecule has 2 heteroatoms. The van der Waals surface area contributed by atoms with E-state index >= 15 is 0 Å². The lowest BCUT2D eigenvalue weighted by molar-refractivity contribution is 0.104. The van der Waals surface area contributed by atoms with Crippen molar-refractivity contribution in [2.75, 3.05) is 0 Å². The standard InChI is InChI=1S/C16H13NO/c1-11-10-13-8-5-9-14(15(13)17-11)16(18)12-6-3-2-4-7-12/h2-10,17H,1H3. The Bertz CT molecular complexity index is 710. The van der Waals surface area contributed by atoms with Gasteiger partial charge >= 0.3 is 0 Å². The first-order valence-corrected chi connectivity index (χ1v) is 5.94. The Morgan fingerprint density at radius 2 is 1.78 bits per heavy atom. The van der Waals surface area contributed by atoms with E-state index in [2.05, 4.69) is 11.1 Å². The van der Waals surface area contributed by atoms with E-state index in [1.807, 2.05) is 55.5 Å². The predicted molar refractivity (Wildman–Crippen MR) is 72.9 cm³/mol. The van der Waals surface area contributed by atoms with E-state index in [9.17, 15) is 4.79 Å². The summed E-state index contributed by atoms with van der Waals surface area (Å²) in [5.41, 5.74) is 3.44. The molecule has 1 N–H and O–H groups in total. The Balaban J connectivity index is 2.18. The lowest BCUT2D eigenvalue weighted by atomic mass is 10.0. The zero-order valence-electron chi connectivity index (χ0n) is 10.1. The van der Waals surface area contributed by atoms with Crippen LogP contribution in [0.4, 0.5) is 0 Å². The number of aromatic amines is 1. The number of carbonyl (C=O) groups excluding carboxylic acids is 1. The SMILES string of the molecule is Cc1cc2cccc(C(=O)c3ccccc3)c2[nH]1. The van der Waals surface area contributed by atoms with Crippen LogP contribution in [-0.4, -0.2) is 10.8 Å². The summed E-state index contributed by atoms with van der Waals surface area (Å²) >= 11 is 0. The van der Waals surface area contributed by atoms with Crippen molar-refractivity contribution in [3.05, 3.63) is 71.4 Å². The molecule has 2 nitrogen and oxygen atoms in total. The average Bonchev–Trinajstić information content (AvgIpc) is 2.79. The molecule has 3 aromatic rings. The molecule has 0 aliphatic heterocycles. The number of benzene rings is 2. The molecule has 0 radical (unpaired) electrons. The van der Waals surface area contributed by atoms with Gasteiger partial charge in [0.2, 0.25) is 0 Å². The minimum atomic E-state index is 0.0584. The molecule has 0 saturated carbocycles. The van der Waals surface area contributed by atoms with Gasteiger partial charge in [-0.25, -0.2) is 0 Å². The largest absolute Gasteiger partial charge is 0.358 e. The summed E-state index contributed by atoms with van der Waals surface area (Å²) < 4.78 is 0. The third kappa shape index (κ3) is 1.72. The second kappa shape index (κ2) is 4.15. The van der Waals surface area contributed by atoms with Crippen LogP contribution in [0, 0.1) is 6.92 Å². The second-order valence-electron chi connectivity index (χ2n) is 4.42. The van der Waals surface area contributed by atoms with Gasteiger partial charge in [-0.1, -0.05) is 42.5 Å². The van der Waals surface area contributed by atoms with Gasteiger partial charge < -0.3 is 4.98 Å². The van der Waals surface area contributed by atoms with Crippen molar-refractivity contribution >= 4 is 16.7 Å². The van der Waals surface area contributed by atoms with Crippen LogP contribution >= 0.6 is 0 Å². The van der Waals surface area contributed by atoms with Crippen molar-refractivity contribution in [3.63, 3.8) is 0 Å². The highest BCUT2D eigenvalue weighted by Gasteiger charge is 2.13. The van der Waals surface area contributed by atoms with E-state index in [0.717, 1.165) is 27.7 Å². The van der Waals surface area contributed by atoms with Gasteiger partial charge in [-0.2, -0.15) is 0 Å². The van der Waals surface area contributed by atoms with Crippen molar-refractivity contribution in [1.82, 2.24) is 4.98 Å². The summed E-state index contributed by atoms with van der Waals surface area (Å²) in [5, 5.41) is 1.08. The number of para-hydroxylation sites is 1. The number of rotatable bonds is 2. The lowest BCUT2D eigenvalue weighted by Gasteiger charge is -2.02. The molecule has 0 spiro atoms. The first kappa shape index (κ1) is 10.8. The van der Waals surface area contributed by atoms with Crippen LogP contribution in [0.3, 0.4) is 0 Å². The molecule has 0 unspecified atom stereocenters. The molecule has 0 atom stereocenters. The molecule has 0 amide bonds. The number of nitrogens with one attached hydrogen (secondary N) is 1. The molecule has 0 fully saturated rings. The normalized spacial score (nSPS) is 10.7. The van der Waals surface area contributed by atoms with E-state index < -0.39 is 0 Å². The maximum atomic E-state index is 12.4. The second-order valence-corrected chi connectivity index (χ2v) is 4.42. The fourth-order valence-electron chi connectivity index (χ4n) is 2.23. The Hall–Kier alpha value is -2.35. The number of ketones is 1. The van der Waals surface area contributed by atoms with E-state index in [0.29, 0.717) is 0 Å². The number of hydrogen-bond donors (Lipinski definition) is 1. The highest BCUT2D eigenvalue weighted by molar-refractivity contribution is 6.15. The average molecular weight is 235 g/mol. The van der Waals surface area contributed by atoms with Crippen LogP contribution in [-0.2, 0) is 0 Å². The summed E-state index contributed by atoms with van der Waals surface area (Å²) in [7, 11) is 0. The lowest BCUT2D eigenvalue weighted by Crippen LogP contribution is -2.01. The van der Waals surface area contributed by atoms with Crippen molar-refractivity contribution in [2.24, 2.45) is 0 Å². The summed E-state index contributed by atoms with van der Waals surface area (Å²) in [6.07, 6.45) is 0. The molecule has 1 aromatic heterocycles. The first-order chi connectivity index (χ1) is 8.75. The topological polar surface area (TPSA) is 32.9 Å². The van der Waals surface area contributed by atoms with Crippen molar-refractivity contribution in [2.45, 2.75) is 6.92 Å². The van der Waals surface area contributed by atoms with Crippen molar-refractivity contribution in [1.29, 1.82) is 0 Å². The van der Waals surface area contributed by atoms with Crippen molar-refractivity contribution < 1.29 is 4.79 Å². The number of fused-ring (bicyclic) bond motifs is 1. The maximum absolute atomic E-state index is 12.4. The number of H-pyrrole nitrogens is 1. The molecule has 2 aromatic carbocycles. The molecule has 3 rings (SSSR count). The number of aryl methyl sites for hydroxylation is 1. The van der Waals surface area contributed by atoms with Gasteiger partial charge in [-0.3, -0.25) is 4.79 Å². The fraction of sp³-hybridized carbons (Fsp3) is 0.0625. The van der Waals surface area contributed by atoms with Gasteiger partial charge in [0.05, 0.1) is 5.52 Å². The zero-order valence-corrected chi connectivity index (χ0v) is 10.1. The van der Waals surface area contributed by atoms with Crippen LogP contribution < -0.4 is 0 Å². The monoisotopic (exact) mass is 235 g/mol. The first-order valence-electron chi connectivity index (χ1n) is 5.94. The molecule has 18 heavy (non-hydrogen) atoms. The van der Waals surface area contributed by atoms with Crippen LogP contribution in [0.5, 0.6) is 0 Å². The van der Waals surface area contributed by atoms with E-state index in [4.69, 9.17) is 0 Å². The Labute approximate surface area is 105 Å². The summed E-state index contributed by atoms with van der Waals surface area (Å²) in [6, 6.07) is 17.2. The smallest absolute Gasteiger partial charge is 0.195 e. The predicted octanol–water partition coefficient (Wildman–Crippen LogP) is 3.71. The van der Waals surface area contributed by atoms with Crippen LogP contribution in [0.2, 0.25) is 0 Å². The minimum absolute atomic E-state index is 0.0584. The van der Waals surface area contributed by atoms with E-state index in [-0.39, 0.29) is 5.78 Å². The highest BCUT2D eigenvalue weighted by atomic mass is 16.1. The number of hydrogen-bond acceptors (Lipinski definition) is 1. The van der Waals surface area contributed by atoms with Gasteiger partial charge in [-0.05, 0) is 19.1 Å². The molecule has 0 saturated heterocycles. The zero-order chi connectivity index (χ0) is 12.5. The van der Waals surface area contributed by atoms with Gasteiger partial charge in [0.1, 0.15) is 0 Å². The summed E-state index contributed by atoms with van der Waals surface area (Å²) in [6.45, 7) is 2.00. The summed E-state index contributed by atoms with van der Waals surface area (Å²) in [5.74, 6) is 0.0584. The number of carbonyl (C=O) groups is 1. The third-order valence-electron chi connectivity index (χ3n) is 3.07. The molecule has 0 aliphatic rings. The van der Waals surface area contributed by atoms with Crippen LogP contribution in [0.15, 0.2) is 54.6 Å². The Morgan fingerprint density at radius 3 is 2.56 bits per heavy atom. The van der Waals surface area contributed by atoms with Crippen molar-refractivity contribution in [3.8, 4) is 0 Å². The van der Waals surface area contributed by atoms with Gasteiger partial charge in [-0.15, -0.1) is 0 Å².